The van der Waals surface area contributed by atoms with E-state index in [2.05, 4.69) is 45.1 Å². The normalized spacial score (nSPS) is 28.4. The van der Waals surface area contributed by atoms with Crippen molar-refractivity contribution in [2.45, 2.75) is 31.7 Å². The highest BCUT2D eigenvalue weighted by Gasteiger charge is 2.31. The summed E-state index contributed by atoms with van der Waals surface area (Å²) in [5.41, 5.74) is 7.54. The van der Waals surface area contributed by atoms with Crippen molar-refractivity contribution in [3.8, 4) is 0 Å². The van der Waals surface area contributed by atoms with Gasteiger partial charge in [0.2, 0.25) is 0 Å². The van der Waals surface area contributed by atoms with Crippen LogP contribution in [0.5, 0.6) is 0 Å². The Labute approximate surface area is 118 Å². The number of hydrogen-bond donors (Lipinski definition) is 1. The Morgan fingerprint density at radius 1 is 1.17 bits per heavy atom. The minimum absolute atomic E-state index is 0.328. The molecule has 2 atom stereocenters. The molecular formula is C15H21BrN2. The van der Waals surface area contributed by atoms with E-state index in [9.17, 15) is 0 Å². The molecule has 0 radical (unpaired) electrons. The van der Waals surface area contributed by atoms with Crippen molar-refractivity contribution >= 4 is 21.6 Å². The van der Waals surface area contributed by atoms with Gasteiger partial charge in [-0.25, -0.2) is 0 Å². The van der Waals surface area contributed by atoms with Gasteiger partial charge >= 0.3 is 0 Å². The number of nitrogens with zero attached hydrogens (tertiary/aromatic N) is 1. The number of piperidine rings is 1. The third kappa shape index (κ3) is 2.89. The second-order valence-electron chi connectivity index (χ2n) is 5.90. The van der Waals surface area contributed by atoms with E-state index in [0.717, 1.165) is 18.4 Å². The smallest absolute Gasteiger partial charge is 0.0511 e. The topological polar surface area (TPSA) is 29.3 Å². The second-order valence-corrected chi connectivity index (χ2v) is 6.75. The van der Waals surface area contributed by atoms with Gasteiger partial charge in [0.25, 0.3) is 0 Å². The summed E-state index contributed by atoms with van der Waals surface area (Å²) < 4.78 is 1.18. The molecule has 1 heterocycles. The van der Waals surface area contributed by atoms with Crippen molar-refractivity contribution in [3.63, 3.8) is 0 Å². The Morgan fingerprint density at radius 2 is 1.94 bits per heavy atom. The molecule has 2 unspecified atom stereocenters. The second kappa shape index (κ2) is 5.22. The van der Waals surface area contributed by atoms with E-state index < -0.39 is 0 Å². The molecule has 1 saturated heterocycles. The van der Waals surface area contributed by atoms with E-state index in [1.807, 2.05) is 0 Å². The van der Waals surface area contributed by atoms with Crippen LogP contribution in [0.1, 0.15) is 25.7 Å². The van der Waals surface area contributed by atoms with Crippen LogP contribution in [0, 0.1) is 11.8 Å². The lowest BCUT2D eigenvalue weighted by atomic mass is 9.90. The predicted octanol–water partition coefficient (Wildman–Crippen LogP) is 3.40. The van der Waals surface area contributed by atoms with Crippen LogP contribution in [0.4, 0.5) is 5.69 Å². The average Bonchev–Trinajstić information content (AvgIpc) is 3.12. The highest BCUT2D eigenvalue weighted by molar-refractivity contribution is 9.10. The average molecular weight is 309 g/mol. The lowest BCUT2D eigenvalue weighted by molar-refractivity contribution is 0.344. The first-order valence-corrected chi connectivity index (χ1v) is 7.76. The molecule has 1 aliphatic heterocycles. The van der Waals surface area contributed by atoms with Crippen molar-refractivity contribution in [1.29, 1.82) is 0 Å². The van der Waals surface area contributed by atoms with Crippen molar-refractivity contribution < 1.29 is 0 Å². The first kappa shape index (κ1) is 12.5. The van der Waals surface area contributed by atoms with Crippen molar-refractivity contribution in [3.05, 3.63) is 28.7 Å². The Balaban J connectivity index is 1.72. The standard InChI is InChI=1S/C15H21BrN2/c16-14-3-1-2-4-15(14)18-9-12(7-11-5-6-11)8-13(17)10-18/h1-4,11-13H,5-10,17H2. The van der Waals surface area contributed by atoms with E-state index in [4.69, 9.17) is 5.73 Å². The third-order valence-electron chi connectivity index (χ3n) is 4.13. The fraction of sp³-hybridized carbons (Fsp3) is 0.600. The zero-order valence-corrected chi connectivity index (χ0v) is 12.3. The summed E-state index contributed by atoms with van der Waals surface area (Å²) in [6, 6.07) is 8.81. The van der Waals surface area contributed by atoms with Crippen molar-refractivity contribution in [2.24, 2.45) is 17.6 Å². The highest BCUT2D eigenvalue weighted by Crippen LogP contribution is 2.38. The van der Waals surface area contributed by atoms with Gasteiger partial charge in [-0.15, -0.1) is 0 Å². The molecule has 2 fully saturated rings. The maximum atomic E-state index is 6.24. The lowest BCUT2D eigenvalue weighted by Crippen LogP contribution is -2.47. The van der Waals surface area contributed by atoms with Crippen LogP contribution in [-0.2, 0) is 0 Å². The molecule has 2 aliphatic rings. The third-order valence-corrected chi connectivity index (χ3v) is 4.80. The SMILES string of the molecule is NC1CC(CC2CC2)CN(c2ccccc2Br)C1. The summed E-state index contributed by atoms with van der Waals surface area (Å²) in [4.78, 5) is 2.46. The number of halogens is 1. The van der Waals surface area contributed by atoms with Crippen LogP contribution in [0.2, 0.25) is 0 Å². The van der Waals surface area contributed by atoms with Gasteiger partial charge in [-0.3, -0.25) is 0 Å². The van der Waals surface area contributed by atoms with Gasteiger partial charge in [0, 0.05) is 23.6 Å². The molecule has 1 aliphatic carbocycles. The predicted molar refractivity (Wildman–Crippen MR) is 79.8 cm³/mol. The Kier molecular flexibility index (Phi) is 3.62. The van der Waals surface area contributed by atoms with Crippen LogP contribution < -0.4 is 10.6 Å². The maximum Gasteiger partial charge on any atom is 0.0511 e. The first-order chi connectivity index (χ1) is 8.72. The molecule has 2 N–H and O–H groups in total. The minimum atomic E-state index is 0.328. The fourth-order valence-corrected chi connectivity index (χ4v) is 3.68. The summed E-state index contributed by atoms with van der Waals surface area (Å²) in [7, 11) is 0. The quantitative estimate of drug-likeness (QED) is 0.927. The molecule has 1 aromatic carbocycles. The first-order valence-electron chi connectivity index (χ1n) is 6.97. The minimum Gasteiger partial charge on any atom is -0.369 e. The molecule has 0 aromatic heterocycles. The van der Waals surface area contributed by atoms with E-state index in [0.29, 0.717) is 6.04 Å². The lowest BCUT2D eigenvalue weighted by Gasteiger charge is -2.38. The molecule has 98 valence electrons. The van der Waals surface area contributed by atoms with E-state index in [-0.39, 0.29) is 0 Å². The van der Waals surface area contributed by atoms with Gasteiger partial charge in [0.05, 0.1) is 5.69 Å². The van der Waals surface area contributed by atoms with Crippen molar-refractivity contribution in [2.75, 3.05) is 18.0 Å². The van der Waals surface area contributed by atoms with Gasteiger partial charge < -0.3 is 10.6 Å². The van der Waals surface area contributed by atoms with E-state index >= 15 is 0 Å². The van der Waals surface area contributed by atoms with Gasteiger partial charge in [-0.2, -0.15) is 0 Å². The Hall–Kier alpha value is -0.540. The van der Waals surface area contributed by atoms with Crippen LogP contribution in [0.3, 0.4) is 0 Å². The Morgan fingerprint density at radius 3 is 2.67 bits per heavy atom. The van der Waals surface area contributed by atoms with Crippen LogP contribution in [-0.4, -0.2) is 19.1 Å². The fourth-order valence-electron chi connectivity index (χ4n) is 3.15. The zero-order chi connectivity index (χ0) is 12.5. The summed E-state index contributed by atoms with van der Waals surface area (Å²) in [6.45, 7) is 2.16. The summed E-state index contributed by atoms with van der Waals surface area (Å²) in [5, 5.41) is 0. The molecule has 1 saturated carbocycles. The maximum absolute atomic E-state index is 6.24. The number of benzene rings is 1. The Bertz CT molecular complexity index is 415. The number of anilines is 1. The molecule has 0 spiro atoms. The van der Waals surface area contributed by atoms with Crippen LogP contribution in [0.15, 0.2) is 28.7 Å². The molecule has 3 heteroatoms. The molecule has 18 heavy (non-hydrogen) atoms. The molecule has 1 aromatic rings. The number of nitrogens with two attached hydrogens (primary N) is 1. The summed E-state index contributed by atoms with van der Waals surface area (Å²) in [6.07, 6.45) is 5.48. The number of rotatable bonds is 3. The van der Waals surface area contributed by atoms with Crippen LogP contribution in [0.25, 0.3) is 0 Å². The molecular weight excluding hydrogens is 288 g/mol. The molecule has 2 nitrogen and oxygen atoms in total. The van der Waals surface area contributed by atoms with Gasteiger partial charge in [0.1, 0.15) is 0 Å². The number of para-hydroxylation sites is 1. The van der Waals surface area contributed by atoms with E-state index in [1.54, 1.807) is 0 Å². The van der Waals surface area contributed by atoms with Gasteiger partial charge in [-0.1, -0.05) is 25.0 Å². The molecule has 3 rings (SSSR count). The largest absolute Gasteiger partial charge is 0.369 e. The summed E-state index contributed by atoms with van der Waals surface area (Å²) >= 11 is 3.65. The summed E-state index contributed by atoms with van der Waals surface area (Å²) in [5.74, 6) is 1.79. The van der Waals surface area contributed by atoms with Crippen molar-refractivity contribution in [1.82, 2.24) is 0 Å². The van der Waals surface area contributed by atoms with Gasteiger partial charge in [0.15, 0.2) is 0 Å². The van der Waals surface area contributed by atoms with E-state index in [1.165, 1.54) is 42.4 Å². The zero-order valence-electron chi connectivity index (χ0n) is 10.7. The van der Waals surface area contributed by atoms with Crippen LogP contribution >= 0.6 is 15.9 Å². The van der Waals surface area contributed by atoms with Gasteiger partial charge in [-0.05, 0) is 52.7 Å². The highest BCUT2D eigenvalue weighted by atomic mass is 79.9. The number of hydrogen-bond acceptors (Lipinski definition) is 2. The molecule has 0 amide bonds. The molecule has 0 bridgehead atoms. The monoisotopic (exact) mass is 308 g/mol.